The smallest absolute Gasteiger partial charge is 0.335 e. The Balaban J connectivity index is 1.62. The first-order valence-electron chi connectivity index (χ1n) is 9.94. The van der Waals surface area contributed by atoms with E-state index in [4.69, 9.17) is 9.84 Å². The molecule has 29 heavy (non-hydrogen) atoms. The lowest BCUT2D eigenvalue weighted by Crippen LogP contribution is -2.48. The zero-order valence-electron chi connectivity index (χ0n) is 16.5. The van der Waals surface area contributed by atoms with Gasteiger partial charge in [0, 0.05) is 12.6 Å². The van der Waals surface area contributed by atoms with Gasteiger partial charge in [-0.1, -0.05) is 31.4 Å². The lowest BCUT2D eigenvalue weighted by Gasteiger charge is -2.40. The number of carbonyl (C=O) groups is 2. The quantitative estimate of drug-likeness (QED) is 0.829. The summed E-state index contributed by atoms with van der Waals surface area (Å²) in [7, 11) is 1.57. The lowest BCUT2D eigenvalue weighted by atomic mass is 9.81. The number of hydrogen-bond acceptors (Lipinski definition) is 4. The number of carbonyl (C=O) groups excluding carboxylic acids is 1. The van der Waals surface area contributed by atoms with Crippen LogP contribution in [-0.4, -0.2) is 46.2 Å². The molecule has 1 aliphatic carbocycles. The molecule has 1 aromatic heterocycles. The maximum Gasteiger partial charge on any atom is 0.335 e. The highest BCUT2D eigenvalue weighted by Gasteiger charge is 2.50. The molecule has 1 aromatic carbocycles. The average molecular weight is 395 g/mol. The molecule has 2 heterocycles. The van der Waals surface area contributed by atoms with Crippen molar-refractivity contribution in [3.8, 4) is 5.88 Å². The number of urea groups is 1. The maximum atomic E-state index is 13.4. The van der Waals surface area contributed by atoms with Gasteiger partial charge in [0.05, 0.1) is 36.6 Å². The van der Waals surface area contributed by atoms with E-state index in [-0.39, 0.29) is 17.1 Å². The minimum atomic E-state index is -0.948. The van der Waals surface area contributed by atoms with E-state index in [1.165, 1.54) is 6.42 Å². The van der Waals surface area contributed by atoms with Gasteiger partial charge in [-0.05, 0) is 36.6 Å². The Morgan fingerprint density at radius 1 is 1.14 bits per heavy atom. The third-order valence-electron chi connectivity index (χ3n) is 6.05. The van der Waals surface area contributed by atoms with Crippen molar-refractivity contribution in [2.24, 2.45) is 0 Å². The van der Waals surface area contributed by atoms with Crippen molar-refractivity contribution in [2.45, 2.75) is 44.2 Å². The summed E-state index contributed by atoms with van der Waals surface area (Å²) in [5.74, 6) is -0.432. The maximum absolute atomic E-state index is 13.4. The summed E-state index contributed by atoms with van der Waals surface area (Å²) in [4.78, 5) is 32.6. The molecule has 1 aliphatic heterocycles. The van der Waals surface area contributed by atoms with Gasteiger partial charge in [0.25, 0.3) is 0 Å². The first-order chi connectivity index (χ1) is 14.0. The van der Waals surface area contributed by atoms with Gasteiger partial charge in [0.2, 0.25) is 5.88 Å². The Hall–Kier alpha value is -3.09. The molecule has 2 aromatic rings. The largest absolute Gasteiger partial charge is 0.481 e. The number of anilines is 1. The first-order valence-corrected chi connectivity index (χ1v) is 9.94. The topological polar surface area (TPSA) is 83.0 Å². The summed E-state index contributed by atoms with van der Waals surface area (Å²) in [5, 5.41) is 9.11. The van der Waals surface area contributed by atoms with Crippen LogP contribution in [0.1, 0.15) is 48.0 Å². The second-order valence-electron chi connectivity index (χ2n) is 7.80. The van der Waals surface area contributed by atoms with Crippen molar-refractivity contribution < 1.29 is 19.4 Å². The third-order valence-corrected chi connectivity index (χ3v) is 6.05. The summed E-state index contributed by atoms with van der Waals surface area (Å²) >= 11 is 0. The number of ether oxygens (including phenoxy) is 1. The molecule has 0 unspecified atom stereocenters. The molecule has 1 spiro atoms. The van der Waals surface area contributed by atoms with Crippen LogP contribution in [0.3, 0.4) is 0 Å². The van der Waals surface area contributed by atoms with Crippen LogP contribution >= 0.6 is 0 Å². The molecule has 1 saturated heterocycles. The fourth-order valence-corrected chi connectivity index (χ4v) is 4.46. The number of carboxylic acids is 1. The molecule has 2 amide bonds. The van der Waals surface area contributed by atoms with Gasteiger partial charge < -0.3 is 14.7 Å². The highest BCUT2D eigenvalue weighted by molar-refractivity contribution is 5.95. The van der Waals surface area contributed by atoms with E-state index in [1.54, 1.807) is 43.6 Å². The molecular weight excluding hydrogens is 370 g/mol. The van der Waals surface area contributed by atoms with Gasteiger partial charge in [0.15, 0.2) is 0 Å². The van der Waals surface area contributed by atoms with Crippen LogP contribution in [-0.2, 0) is 6.54 Å². The zero-order valence-corrected chi connectivity index (χ0v) is 16.5. The summed E-state index contributed by atoms with van der Waals surface area (Å²) in [6, 6.07) is 10.4. The number of aromatic nitrogens is 1. The van der Waals surface area contributed by atoms with Crippen molar-refractivity contribution in [3.63, 3.8) is 0 Å². The monoisotopic (exact) mass is 395 g/mol. The number of rotatable bonds is 5. The van der Waals surface area contributed by atoms with E-state index in [0.29, 0.717) is 19.0 Å². The first kappa shape index (κ1) is 19.2. The van der Waals surface area contributed by atoms with Gasteiger partial charge in [-0.3, -0.25) is 4.90 Å². The van der Waals surface area contributed by atoms with Crippen LogP contribution in [0, 0.1) is 0 Å². The van der Waals surface area contributed by atoms with E-state index >= 15 is 0 Å². The molecule has 0 radical (unpaired) electrons. The minimum absolute atomic E-state index is 0.0267. The van der Waals surface area contributed by atoms with Crippen LogP contribution in [0.25, 0.3) is 0 Å². The molecule has 4 rings (SSSR count). The molecule has 2 aliphatic rings. The number of pyridine rings is 1. The SMILES string of the molecule is COc1ccc(N2CC3(CCCCC3)N(Cc3ccc(C(=O)O)cc3)C2=O)cn1. The van der Waals surface area contributed by atoms with E-state index < -0.39 is 5.97 Å². The summed E-state index contributed by atoms with van der Waals surface area (Å²) in [6.45, 7) is 1.12. The number of methoxy groups -OCH3 is 1. The van der Waals surface area contributed by atoms with Gasteiger partial charge in [0.1, 0.15) is 0 Å². The third kappa shape index (κ3) is 3.64. The highest BCUT2D eigenvalue weighted by Crippen LogP contribution is 2.41. The van der Waals surface area contributed by atoms with Crippen molar-refractivity contribution in [1.82, 2.24) is 9.88 Å². The van der Waals surface area contributed by atoms with Crippen molar-refractivity contribution in [2.75, 3.05) is 18.6 Å². The van der Waals surface area contributed by atoms with E-state index in [2.05, 4.69) is 4.98 Å². The zero-order chi connectivity index (χ0) is 20.4. The van der Waals surface area contributed by atoms with E-state index in [0.717, 1.165) is 36.9 Å². The van der Waals surface area contributed by atoms with Crippen molar-refractivity contribution >= 4 is 17.7 Å². The number of aromatic carboxylic acids is 1. The van der Waals surface area contributed by atoms with Crippen molar-refractivity contribution in [1.29, 1.82) is 0 Å². The van der Waals surface area contributed by atoms with Crippen LogP contribution in [0.5, 0.6) is 5.88 Å². The lowest BCUT2D eigenvalue weighted by molar-refractivity contribution is 0.0696. The molecule has 0 bridgehead atoms. The number of hydrogen-bond donors (Lipinski definition) is 1. The van der Waals surface area contributed by atoms with Crippen LogP contribution in [0.2, 0.25) is 0 Å². The second kappa shape index (κ2) is 7.73. The summed E-state index contributed by atoms with van der Waals surface area (Å²) in [5.41, 5.74) is 1.76. The molecule has 7 nitrogen and oxygen atoms in total. The fourth-order valence-electron chi connectivity index (χ4n) is 4.46. The Labute approximate surface area is 169 Å². The fraction of sp³-hybridized carbons (Fsp3) is 0.409. The Morgan fingerprint density at radius 2 is 1.86 bits per heavy atom. The van der Waals surface area contributed by atoms with Gasteiger partial charge in [-0.25, -0.2) is 14.6 Å². The Bertz CT molecular complexity index is 889. The van der Waals surface area contributed by atoms with Crippen LogP contribution < -0.4 is 9.64 Å². The molecule has 2 fully saturated rings. The second-order valence-corrected chi connectivity index (χ2v) is 7.80. The van der Waals surface area contributed by atoms with E-state index in [1.807, 2.05) is 15.9 Å². The van der Waals surface area contributed by atoms with Gasteiger partial charge in [-0.2, -0.15) is 0 Å². The predicted molar refractivity (Wildman–Crippen MR) is 108 cm³/mol. The highest BCUT2D eigenvalue weighted by atomic mass is 16.5. The number of carboxylic acid groups (broad SMARTS) is 1. The van der Waals surface area contributed by atoms with Crippen LogP contribution in [0.4, 0.5) is 10.5 Å². The minimum Gasteiger partial charge on any atom is -0.481 e. The molecular formula is C22H25N3O4. The molecule has 7 heteroatoms. The Kier molecular flexibility index (Phi) is 5.13. The molecule has 0 atom stereocenters. The van der Waals surface area contributed by atoms with Crippen LogP contribution in [0.15, 0.2) is 42.6 Å². The molecule has 1 saturated carbocycles. The number of benzene rings is 1. The average Bonchev–Trinajstić information content (AvgIpc) is 3.00. The summed E-state index contributed by atoms with van der Waals surface area (Å²) in [6.07, 6.45) is 7.05. The number of nitrogens with zero attached hydrogens (tertiary/aromatic N) is 3. The normalized spacial score (nSPS) is 18.3. The Morgan fingerprint density at radius 3 is 2.45 bits per heavy atom. The van der Waals surface area contributed by atoms with Gasteiger partial charge >= 0.3 is 12.0 Å². The predicted octanol–water partition coefficient (Wildman–Crippen LogP) is 3.93. The van der Waals surface area contributed by atoms with Gasteiger partial charge in [-0.15, -0.1) is 0 Å². The molecule has 1 N–H and O–H groups in total. The van der Waals surface area contributed by atoms with E-state index in [9.17, 15) is 9.59 Å². The van der Waals surface area contributed by atoms with Crippen molar-refractivity contribution in [3.05, 3.63) is 53.7 Å². The number of amides is 2. The molecule has 152 valence electrons. The standard InChI is InChI=1S/C22H25N3O4/c1-29-19-10-9-18(13-23-19)24-15-22(11-3-2-4-12-22)25(21(24)28)14-16-5-7-17(8-6-16)20(26)27/h5-10,13H,2-4,11-12,14-15H2,1H3,(H,26,27). The summed E-state index contributed by atoms with van der Waals surface area (Å²) < 4.78 is 5.13.